The van der Waals surface area contributed by atoms with Gasteiger partial charge in [-0.1, -0.05) is 18.2 Å². The van der Waals surface area contributed by atoms with Crippen molar-refractivity contribution in [1.29, 1.82) is 0 Å². The Bertz CT molecular complexity index is 749. The van der Waals surface area contributed by atoms with Crippen LogP contribution in [0.1, 0.15) is 22.0 Å². The van der Waals surface area contributed by atoms with Gasteiger partial charge in [-0.25, -0.2) is 0 Å². The van der Waals surface area contributed by atoms with E-state index in [1.807, 2.05) is 50.5 Å². The molecule has 24 heavy (non-hydrogen) atoms. The lowest BCUT2D eigenvalue weighted by molar-refractivity contribution is 0.0941. The molecule has 1 N–H and O–H groups in total. The third-order valence-corrected chi connectivity index (χ3v) is 4.67. The Kier molecular flexibility index (Phi) is 5.06. The fraction of sp³-hybridized carbons (Fsp3) is 0.278. The van der Waals surface area contributed by atoms with Gasteiger partial charge in [-0.15, -0.1) is 0 Å². The molecule has 0 spiro atoms. The number of benzene rings is 2. The van der Waals surface area contributed by atoms with Gasteiger partial charge in [-0.05, 0) is 59.9 Å². The molecule has 1 heterocycles. The summed E-state index contributed by atoms with van der Waals surface area (Å²) in [6.45, 7) is 0.747. The van der Waals surface area contributed by atoms with E-state index < -0.39 is 0 Å². The number of halogens is 1. The van der Waals surface area contributed by atoms with Crippen LogP contribution in [0.2, 0.25) is 0 Å². The first kappa shape index (κ1) is 16.8. The molecule has 0 bridgehead atoms. The Balaban J connectivity index is 1.73. The minimum atomic E-state index is -0.102. The van der Waals surface area contributed by atoms with Crippen molar-refractivity contribution < 1.29 is 14.3 Å². The maximum absolute atomic E-state index is 12.4. The number of hydrogen-bond acceptors (Lipinski definition) is 4. The lowest BCUT2D eigenvalue weighted by Gasteiger charge is -2.25. The molecule has 0 saturated carbocycles. The fourth-order valence-corrected chi connectivity index (χ4v) is 3.11. The first-order chi connectivity index (χ1) is 11.6. The molecule has 1 aliphatic rings. The molecule has 1 atom stereocenters. The Morgan fingerprint density at radius 3 is 2.71 bits per heavy atom. The second-order valence-electron chi connectivity index (χ2n) is 5.78. The van der Waals surface area contributed by atoms with Gasteiger partial charge < -0.3 is 19.7 Å². The number of ether oxygens (including phenoxy) is 2. The molecule has 2 aromatic rings. The van der Waals surface area contributed by atoms with Crippen LogP contribution in [0.15, 0.2) is 46.9 Å². The summed E-state index contributed by atoms with van der Waals surface area (Å²) in [4.78, 5) is 14.5. The van der Waals surface area contributed by atoms with Crippen LogP contribution in [0.3, 0.4) is 0 Å². The molecule has 5 nitrogen and oxygen atoms in total. The Morgan fingerprint density at radius 1 is 1.21 bits per heavy atom. The van der Waals surface area contributed by atoms with E-state index in [0.717, 1.165) is 21.5 Å². The van der Waals surface area contributed by atoms with Gasteiger partial charge in [-0.2, -0.15) is 0 Å². The van der Waals surface area contributed by atoms with Gasteiger partial charge in [-0.3, -0.25) is 4.79 Å². The van der Waals surface area contributed by atoms with Crippen LogP contribution in [0.4, 0.5) is 0 Å². The van der Waals surface area contributed by atoms with Crippen molar-refractivity contribution in [2.24, 2.45) is 0 Å². The molecular formula is C18H19BrN2O3. The van der Waals surface area contributed by atoms with Crippen molar-refractivity contribution in [1.82, 2.24) is 10.2 Å². The molecule has 1 amide bonds. The maximum Gasteiger partial charge on any atom is 0.252 e. The summed E-state index contributed by atoms with van der Waals surface area (Å²) in [7, 11) is 3.97. The van der Waals surface area contributed by atoms with E-state index in [1.165, 1.54) is 0 Å². The van der Waals surface area contributed by atoms with Crippen molar-refractivity contribution in [3.63, 3.8) is 0 Å². The molecular weight excluding hydrogens is 372 g/mol. The molecule has 0 saturated heterocycles. The summed E-state index contributed by atoms with van der Waals surface area (Å²) in [5.74, 6) is 1.40. The molecule has 0 aliphatic carbocycles. The van der Waals surface area contributed by atoms with Gasteiger partial charge in [0.2, 0.25) is 6.79 Å². The van der Waals surface area contributed by atoms with Gasteiger partial charge in [0.25, 0.3) is 5.91 Å². The van der Waals surface area contributed by atoms with Crippen LogP contribution >= 0.6 is 15.9 Å². The number of carbonyl (C=O) groups excluding carboxylic acids is 1. The summed E-state index contributed by atoms with van der Waals surface area (Å²) in [5.41, 5.74) is 1.69. The molecule has 1 unspecified atom stereocenters. The summed E-state index contributed by atoms with van der Waals surface area (Å²) < 4.78 is 11.6. The van der Waals surface area contributed by atoms with E-state index >= 15 is 0 Å². The summed E-state index contributed by atoms with van der Waals surface area (Å²) in [6.07, 6.45) is 0. The number of fused-ring (bicyclic) bond motifs is 1. The van der Waals surface area contributed by atoms with Crippen molar-refractivity contribution in [3.05, 3.63) is 58.1 Å². The SMILES string of the molecule is CN(C)C(CNC(=O)c1ccccc1Br)c1ccc2c(c1)OCO2. The first-order valence-electron chi connectivity index (χ1n) is 7.65. The zero-order valence-corrected chi connectivity index (χ0v) is 15.2. The average Bonchev–Trinajstić information content (AvgIpc) is 3.02. The summed E-state index contributed by atoms with van der Waals surface area (Å²) in [5, 5.41) is 3.00. The number of carbonyl (C=O) groups is 1. The Labute approximate surface area is 149 Å². The van der Waals surface area contributed by atoms with E-state index in [2.05, 4.69) is 26.1 Å². The zero-order chi connectivity index (χ0) is 17.1. The molecule has 6 heteroatoms. The van der Waals surface area contributed by atoms with Crippen LogP contribution in [0.5, 0.6) is 11.5 Å². The molecule has 2 aromatic carbocycles. The predicted octanol–water partition coefficient (Wildman–Crippen LogP) is 3.21. The molecule has 0 aromatic heterocycles. The number of amides is 1. The maximum atomic E-state index is 12.4. The number of nitrogens with one attached hydrogen (secondary N) is 1. The van der Waals surface area contributed by atoms with Crippen LogP contribution < -0.4 is 14.8 Å². The van der Waals surface area contributed by atoms with Crippen molar-refractivity contribution in [3.8, 4) is 11.5 Å². The fourth-order valence-electron chi connectivity index (χ4n) is 2.65. The summed E-state index contributed by atoms with van der Waals surface area (Å²) >= 11 is 3.41. The monoisotopic (exact) mass is 390 g/mol. The van der Waals surface area contributed by atoms with E-state index in [4.69, 9.17) is 9.47 Å². The lowest BCUT2D eigenvalue weighted by atomic mass is 10.0. The quantitative estimate of drug-likeness (QED) is 0.851. The van der Waals surface area contributed by atoms with E-state index in [9.17, 15) is 4.79 Å². The minimum Gasteiger partial charge on any atom is -0.454 e. The first-order valence-corrected chi connectivity index (χ1v) is 8.44. The zero-order valence-electron chi connectivity index (χ0n) is 13.6. The van der Waals surface area contributed by atoms with Crippen molar-refractivity contribution >= 4 is 21.8 Å². The Morgan fingerprint density at radius 2 is 1.96 bits per heavy atom. The highest BCUT2D eigenvalue weighted by molar-refractivity contribution is 9.10. The Hall–Kier alpha value is -2.05. The highest BCUT2D eigenvalue weighted by atomic mass is 79.9. The second-order valence-corrected chi connectivity index (χ2v) is 6.64. The van der Waals surface area contributed by atoms with Gasteiger partial charge >= 0.3 is 0 Å². The van der Waals surface area contributed by atoms with Gasteiger partial charge in [0.15, 0.2) is 11.5 Å². The average molecular weight is 391 g/mol. The highest BCUT2D eigenvalue weighted by Gasteiger charge is 2.20. The second kappa shape index (κ2) is 7.23. The smallest absolute Gasteiger partial charge is 0.252 e. The number of rotatable bonds is 5. The van der Waals surface area contributed by atoms with Gasteiger partial charge in [0.05, 0.1) is 11.6 Å². The van der Waals surface area contributed by atoms with Crippen molar-refractivity contribution in [2.45, 2.75) is 6.04 Å². The van der Waals surface area contributed by atoms with E-state index in [0.29, 0.717) is 12.1 Å². The predicted molar refractivity (Wildman–Crippen MR) is 95.5 cm³/mol. The van der Waals surface area contributed by atoms with Crippen LogP contribution in [0, 0.1) is 0 Å². The van der Waals surface area contributed by atoms with Crippen LogP contribution in [0.25, 0.3) is 0 Å². The number of nitrogens with zero attached hydrogens (tertiary/aromatic N) is 1. The largest absolute Gasteiger partial charge is 0.454 e. The molecule has 1 aliphatic heterocycles. The van der Waals surface area contributed by atoms with E-state index in [-0.39, 0.29) is 18.7 Å². The standard InChI is InChI=1S/C18H19BrN2O3/c1-21(2)15(12-7-8-16-17(9-12)24-11-23-16)10-20-18(22)13-5-3-4-6-14(13)19/h3-9,15H,10-11H2,1-2H3,(H,20,22). The topological polar surface area (TPSA) is 50.8 Å². The van der Waals surface area contributed by atoms with Gasteiger partial charge in [0, 0.05) is 11.0 Å². The lowest BCUT2D eigenvalue weighted by Crippen LogP contribution is -2.34. The normalized spacial score (nSPS) is 13.8. The highest BCUT2D eigenvalue weighted by Crippen LogP contribution is 2.35. The third-order valence-electron chi connectivity index (χ3n) is 3.98. The minimum absolute atomic E-state index is 0.0333. The third kappa shape index (κ3) is 3.55. The number of likely N-dealkylation sites (N-methyl/N-ethyl adjacent to an activating group) is 1. The van der Waals surface area contributed by atoms with Crippen molar-refractivity contribution in [2.75, 3.05) is 27.4 Å². The van der Waals surface area contributed by atoms with Crippen LogP contribution in [-0.2, 0) is 0 Å². The number of hydrogen-bond donors (Lipinski definition) is 1. The summed E-state index contributed by atoms with van der Waals surface area (Å²) in [6, 6.07) is 13.3. The van der Waals surface area contributed by atoms with Crippen LogP contribution in [-0.4, -0.2) is 38.2 Å². The molecule has 3 rings (SSSR count). The molecule has 0 radical (unpaired) electrons. The van der Waals surface area contributed by atoms with Gasteiger partial charge in [0.1, 0.15) is 0 Å². The molecule has 126 valence electrons. The molecule has 0 fully saturated rings. The van der Waals surface area contributed by atoms with E-state index in [1.54, 1.807) is 6.07 Å².